The molecule has 3 nitrogen and oxygen atoms in total. The molecule has 1 amide bonds. The van der Waals surface area contributed by atoms with Crippen LogP contribution >= 0.6 is 11.3 Å². The van der Waals surface area contributed by atoms with Crippen molar-refractivity contribution >= 4 is 17.2 Å². The van der Waals surface area contributed by atoms with Gasteiger partial charge in [-0.15, -0.1) is 11.3 Å². The van der Waals surface area contributed by atoms with Gasteiger partial charge in [0.05, 0.1) is 4.88 Å². The first-order valence-electron chi connectivity index (χ1n) is 6.93. The van der Waals surface area contributed by atoms with Crippen LogP contribution in [0, 0.1) is 0 Å². The highest BCUT2D eigenvalue weighted by atomic mass is 32.1. The number of rotatable bonds is 4. The van der Waals surface area contributed by atoms with Gasteiger partial charge in [0.25, 0.3) is 5.91 Å². The number of amides is 1. The van der Waals surface area contributed by atoms with Crippen LogP contribution in [-0.2, 0) is 12.8 Å². The number of fused-ring (bicyclic) bond motifs is 3. The molecule has 3 rings (SSSR count). The smallest absolute Gasteiger partial charge is 0.261 e. The van der Waals surface area contributed by atoms with Gasteiger partial charge in [-0.3, -0.25) is 4.79 Å². The third kappa shape index (κ3) is 2.49. The van der Waals surface area contributed by atoms with E-state index in [-0.39, 0.29) is 5.91 Å². The molecule has 0 saturated carbocycles. The summed E-state index contributed by atoms with van der Waals surface area (Å²) < 4.78 is 0. The fourth-order valence-corrected chi connectivity index (χ4v) is 3.76. The van der Waals surface area contributed by atoms with Crippen LogP contribution in [0.1, 0.15) is 20.8 Å². The molecule has 20 heavy (non-hydrogen) atoms. The molecule has 1 aliphatic carbocycles. The molecule has 2 aromatic rings. The lowest BCUT2D eigenvalue weighted by atomic mass is 9.91. The van der Waals surface area contributed by atoms with Crippen LogP contribution in [0.15, 0.2) is 30.3 Å². The van der Waals surface area contributed by atoms with Crippen LogP contribution in [0.25, 0.3) is 10.4 Å². The number of carbonyl (C=O) groups excluding carboxylic acids is 1. The van der Waals surface area contributed by atoms with E-state index in [0.717, 1.165) is 24.3 Å². The van der Waals surface area contributed by atoms with E-state index < -0.39 is 0 Å². The Labute approximate surface area is 123 Å². The van der Waals surface area contributed by atoms with Crippen molar-refractivity contribution < 1.29 is 4.79 Å². The maximum Gasteiger partial charge on any atom is 0.261 e. The molecule has 0 atom stereocenters. The average Bonchev–Trinajstić information content (AvgIpc) is 2.92. The zero-order valence-corrected chi connectivity index (χ0v) is 12.3. The number of hydrogen-bond acceptors (Lipinski definition) is 3. The average molecular weight is 286 g/mol. The Morgan fingerprint density at radius 1 is 1.20 bits per heavy atom. The van der Waals surface area contributed by atoms with Crippen molar-refractivity contribution in [3.63, 3.8) is 0 Å². The topological polar surface area (TPSA) is 41.1 Å². The maximum absolute atomic E-state index is 12.1. The molecule has 0 bridgehead atoms. The summed E-state index contributed by atoms with van der Waals surface area (Å²) in [5.74, 6) is 0.0390. The predicted octanol–water partition coefficient (Wildman–Crippen LogP) is 2.46. The van der Waals surface area contributed by atoms with Crippen LogP contribution < -0.4 is 10.6 Å². The lowest BCUT2D eigenvalue weighted by Gasteiger charge is -2.15. The van der Waals surface area contributed by atoms with E-state index in [4.69, 9.17) is 0 Å². The SMILES string of the molecule is CNCCNC(=O)c1cc2c(s1)-c1ccccc1CC2. The molecule has 1 aliphatic rings. The van der Waals surface area contributed by atoms with Crippen LogP contribution in [0.2, 0.25) is 0 Å². The minimum atomic E-state index is 0.0390. The second-order valence-corrected chi connectivity index (χ2v) is 6.03. The Bertz CT molecular complexity index is 633. The first-order valence-corrected chi connectivity index (χ1v) is 7.75. The minimum Gasteiger partial charge on any atom is -0.350 e. The predicted molar refractivity (Wildman–Crippen MR) is 83.4 cm³/mol. The van der Waals surface area contributed by atoms with Crippen LogP contribution in [0.3, 0.4) is 0 Å². The molecule has 104 valence electrons. The summed E-state index contributed by atoms with van der Waals surface area (Å²) in [6.07, 6.45) is 2.10. The van der Waals surface area contributed by atoms with Crippen molar-refractivity contribution in [1.29, 1.82) is 0 Å². The standard InChI is InChI=1S/C16H18N2OS/c1-17-8-9-18-16(19)14-10-12-7-6-11-4-2-3-5-13(11)15(12)20-14/h2-5,10,17H,6-9H2,1H3,(H,18,19). The van der Waals surface area contributed by atoms with Crippen molar-refractivity contribution in [2.75, 3.05) is 20.1 Å². The Balaban J connectivity index is 1.85. The number of likely N-dealkylation sites (N-methyl/N-ethyl adjacent to an activating group) is 1. The van der Waals surface area contributed by atoms with Crippen molar-refractivity contribution in [3.8, 4) is 10.4 Å². The van der Waals surface area contributed by atoms with Crippen molar-refractivity contribution in [2.45, 2.75) is 12.8 Å². The summed E-state index contributed by atoms with van der Waals surface area (Å²) in [4.78, 5) is 14.2. The fourth-order valence-electron chi connectivity index (χ4n) is 2.57. The molecule has 0 unspecified atom stereocenters. The molecule has 0 aliphatic heterocycles. The molecule has 1 heterocycles. The first kappa shape index (κ1) is 13.3. The number of hydrogen-bond donors (Lipinski definition) is 2. The van der Waals surface area contributed by atoms with Crippen LogP contribution in [0.5, 0.6) is 0 Å². The van der Waals surface area contributed by atoms with E-state index >= 15 is 0 Å². The number of carbonyl (C=O) groups is 1. The van der Waals surface area contributed by atoms with E-state index in [1.54, 1.807) is 11.3 Å². The molecule has 1 aromatic carbocycles. The van der Waals surface area contributed by atoms with Crippen LogP contribution in [-0.4, -0.2) is 26.0 Å². The minimum absolute atomic E-state index is 0.0390. The lowest BCUT2D eigenvalue weighted by Crippen LogP contribution is -2.29. The molecule has 0 saturated heterocycles. The molecule has 0 spiro atoms. The van der Waals surface area contributed by atoms with Gasteiger partial charge in [-0.25, -0.2) is 0 Å². The highest BCUT2D eigenvalue weighted by Crippen LogP contribution is 2.39. The second-order valence-electron chi connectivity index (χ2n) is 4.98. The third-order valence-electron chi connectivity index (χ3n) is 3.62. The summed E-state index contributed by atoms with van der Waals surface area (Å²) in [6.45, 7) is 1.45. The number of nitrogens with one attached hydrogen (secondary N) is 2. The van der Waals surface area contributed by atoms with E-state index in [2.05, 4.69) is 41.0 Å². The highest BCUT2D eigenvalue weighted by molar-refractivity contribution is 7.17. The van der Waals surface area contributed by atoms with Crippen LogP contribution in [0.4, 0.5) is 0 Å². The molecular formula is C16H18N2OS. The summed E-state index contributed by atoms with van der Waals surface area (Å²) >= 11 is 1.61. The summed E-state index contributed by atoms with van der Waals surface area (Å²) in [7, 11) is 1.88. The van der Waals surface area contributed by atoms with Gasteiger partial charge in [0.15, 0.2) is 0 Å². The molecular weight excluding hydrogens is 268 g/mol. The largest absolute Gasteiger partial charge is 0.350 e. The van der Waals surface area contributed by atoms with Gasteiger partial charge in [-0.05, 0) is 42.6 Å². The van der Waals surface area contributed by atoms with E-state index in [9.17, 15) is 4.79 Å². The van der Waals surface area contributed by atoms with Gasteiger partial charge in [-0.2, -0.15) is 0 Å². The van der Waals surface area contributed by atoms with Gasteiger partial charge in [0, 0.05) is 18.0 Å². The van der Waals surface area contributed by atoms with Crippen molar-refractivity contribution in [3.05, 3.63) is 46.3 Å². The van der Waals surface area contributed by atoms with Gasteiger partial charge < -0.3 is 10.6 Å². The summed E-state index contributed by atoms with van der Waals surface area (Å²) in [5.41, 5.74) is 4.00. The molecule has 0 fully saturated rings. The number of aryl methyl sites for hydroxylation is 2. The Morgan fingerprint density at radius 3 is 2.85 bits per heavy atom. The lowest BCUT2D eigenvalue weighted by molar-refractivity contribution is 0.0958. The molecule has 4 heteroatoms. The third-order valence-corrected chi connectivity index (χ3v) is 4.83. The van der Waals surface area contributed by atoms with E-state index in [1.165, 1.54) is 21.6 Å². The highest BCUT2D eigenvalue weighted by Gasteiger charge is 2.20. The summed E-state index contributed by atoms with van der Waals surface area (Å²) in [6, 6.07) is 10.6. The number of thiophene rings is 1. The fraction of sp³-hybridized carbons (Fsp3) is 0.312. The van der Waals surface area contributed by atoms with Gasteiger partial charge in [-0.1, -0.05) is 24.3 Å². The van der Waals surface area contributed by atoms with Crippen molar-refractivity contribution in [2.24, 2.45) is 0 Å². The second kappa shape index (κ2) is 5.77. The Kier molecular flexibility index (Phi) is 3.85. The van der Waals surface area contributed by atoms with Gasteiger partial charge in [0.2, 0.25) is 0 Å². The molecule has 0 radical (unpaired) electrons. The maximum atomic E-state index is 12.1. The molecule has 1 aromatic heterocycles. The van der Waals surface area contributed by atoms with E-state index in [0.29, 0.717) is 6.54 Å². The quantitative estimate of drug-likeness (QED) is 0.848. The zero-order valence-electron chi connectivity index (χ0n) is 11.5. The first-order chi connectivity index (χ1) is 9.79. The Morgan fingerprint density at radius 2 is 2.00 bits per heavy atom. The van der Waals surface area contributed by atoms with Crippen molar-refractivity contribution in [1.82, 2.24) is 10.6 Å². The van der Waals surface area contributed by atoms with Gasteiger partial charge >= 0.3 is 0 Å². The normalized spacial score (nSPS) is 12.7. The Hall–Kier alpha value is -1.65. The number of benzene rings is 1. The zero-order chi connectivity index (χ0) is 13.9. The van der Waals surface area contributed by atoms with Gasteiger partial charge in [0.1, 0.15) is 0 Å². The monoisotopic (exact) mass is 286 g/mol. The summed E-state index contributed by atoms with van der Waals surface area (Å²) in [5, 5.41) is 5.97. The molecule has 2 N–H and O–H groups in total. The van der Waals surface area contributed by atoms with E-state index in [1.807, 2.05) is 7.05 Å².